The number of hydrogen-bond donors (Lipinski definition) is 1. The van der Waals surface area contributed by atoms with Crippen LogP contribution in [0.15, 0.2) is 41.8 Å². The zero-order valence-electron chi connectivity index (χ0n) is 24.7. The van der Waals surface area contributed by atoms with E-state index in [2.05, 4.69) is 39.8 Å². The Morgan fingerprint density at radius 3 is 2.62 bits per heavy atom. The Bertz CT molecular complexity index is 1570. The van der Waals surface area contributed by atoms with Gasteiger partial charge in [-0.3, -0.25) is 14.3 Å². The monoisotopic (exact) mass is 575 g/mol. The number of nitrogens with zero attached hydrogens (tertiary/aromatic N) is 6. The number of nitriles is 1. The van der Waals surface area contributed by atoms with E-state index in [0.29, 0.717) is 53.3 Å². The summed E-state index contributed by atoms with van der Waals surface area (Å²) < 4.78 is 32.5. The van der Waals surface area contributed by atoms with Crippen molar-refractivity contribution in [2.45, 2.75) is 95.2 Å². The van der Waals surface area contributed by atoms with Crippen molar-refractivity contribution in [1.82, 2.24) is 24.4 Å². The van der Waals surface area contributed by atoms with E-state index >= 15 is 8.78 Å². The Hall–Kier alpha value is -3.71. The molecule has 8 nitrogen and oxygen atoms in total. The minimum Gasteiger partial charge on any atom is -0.358 e. The molecule has 5 rings (SSSR count). The molecular weight excluding hydrogens is 536 g/mol. The number of anilines is 1. The van der Waals surface area contributed by atoms with E-state index in [1.807, 2.05) is 11.9 Å². The van der Waals surface area contributed by atoms with Crippen LogP contribution in [0.3, 0.4) is 0 Å². The Morgan fingerprint density at radius 2 is 1.90 bits per heavy atom. The molecule has 2 aliphatic rings. The zero-order valence-corrected chi connectivity index (χ0v) is 24.7. The summed E-state index contributed by atoms with van der Waals surface area (Å²) in [7, 11) is 1.90. The summed E-state index contributed by atoms with van der Waals surface area (Å²) in [6, 6.07) is 6.44. The van der Waals surface area contributed by atoms with Gasteiger partial charge in [-0.1, -0.05) is 25.3 Å². The van der Waals surface area contributed by atoms with E-state index in [-0.39, 0.29) is 30.1 Å². The van der Waals surface area contributed by atoms with Crippen LogP contribution in [0.4, 0.5) is 14.6 Å². The Balaban J connectivity index is 1.63. The van der Waals surface area contributed by atoms with Gasteiger partial charge >= 0.3 is 0 Å². The van der Waals surface area contributed by atoms with Gasteiger partial charge in [0.2, 0.25) is 0 Å². The fourth-order valence-electron chi connectivity index (χ4n) is 5.79. The van der Waals surface area contributed by atoms with Crippen LogP contribution >= 0.6 is 0 Å². The van der Waals surface area contributed by atoms with Crippen molar-refractivity contribution in [1.29, 1.82) is 5.26 Å². The minimum absolute atomic E-state index is 0.0962. The van der Waals surface area contributed by atoms with Crippen molar-refractivity contribution < 1.29 is 8.78 Å². The molecule has 0 saturated heterocycles. The predicted molar refractivity (Wildman–Crippen MR) is 160 cm³/mol. The van der Waals surface area contributed by atoms with Gasteiger partial charge in [-0.05, 0) is 64.8 Å². The maximum Gasteiger partial charge on any atom is 0.274 e. The van der Waals surface area contributed by atoms with Gasteiger partial charge in [0.15, 0.2) is 0 Å². The van der Waals surface area contributed by atoms with Crippen molar-refractivity contribution in [2.24, 2.45) is 0 Å². The second kappa shape index (κ2) is 11.9. The first-order valence-corrected chi connectivity index (χ1v) is 14.9. The topological polar surface area (TPSA) is 99.7 Å². The number of pyridine rings is 2. The summed E-state index contributed by atoms with van der Waals surface area (Å²) >= 11 is 0. The molecule has 1 aliphatic carbocycles. The van der Waals surface area contributed by atoms with Gasteiger partial charge in [-0.25, -0.2) is 18.7 Å². The predicted octanol–water partition coefficient (Wildman–Crippen LogP) is 6.16. The maximum absolute atomic E-state index is 15.4. The van der Waals surface area contributed by atoms with Gasteiger partial charge in [0.25, 0.3) is 11.5 Å². The first-order chi connectivity index (χ1) is 20.1. The highest BCUT2D eigenvalue weighted by Crippen LogP contribution is 2.47. The van der Waals surface area contributed by atoms with E-state index in [1.54, 1.807) is 23.6 Å². The number of fused-ring (bicyclic) bond motifs is 2. The summed E-state index contributed by atoms with van der Waals surface area (Å²) in [5.74, 6) is -2.13. The fourth-order valence-corrected chi connectivity index (χ4v) is 5.79. The number of nitrogens with one attached hydrogen (secondary N) is 1. The zero-order chi connectivity index (χ0) is 30.1. The number of hydrogen-bond acceptors (Lipinski definition) is 7. The minimum atomic E-state index is -3.03. The molecule has 3 aromatic heterocycles. The molecule has 222 valence electrons. The quantitative estimate of drug-likeness (QED) is 0.366. The number of aryl methyl sites for hydroxylation is 2. The summed E-state index contributed by atoms with van der Waals surface area (Å²) in [6.45, 7) is 8.53. The number of aromatic nitrogens is 4. The van der Waals surface area contributed by atoms with Crippen LogP contribution in [-0.4, -0.2) is 44.1 Å². The second-order valence-corrected chi connectivity index (χ2v) is 11.9. The van der Waals surface area contributed by atoms with Crippen LogP contribution in [0.2, 0.25) is 0 Å². The lowest BCUT2D eigenvalue weighted by molar-refractivity contribution is -0.0228. The second-order valence-electron chi connectivity index (χ2n) is 11.9. The van der Waals surface area contributed by atoms with Crippen LogP contribution in [0.1, 0.15) is 87.0 Å². The van der Waals surface area contributed by atoms with E-state index in [0.717, 1.165) is 32.1 Å². The van der Waals surface area contributed by atoms with Crippen LogP contribution in [0, 0.1) is 18.3 Å². The number of rotatable bonds is 2. The van der Waals surface area contributed by atoms with Crippen molar-refractivity contribution in [3.05, 3.63) is 70.0 Å². The van der Waals surface area contributed by atoms with E-state index in [9.17, 15) is 10.1 Å². The lowest BCUT2D eigenvalue weighted by Crippen LogP contribution is -2.33. The molecule has 0 radical (unpaired) electrons. The maximum atomic E-state index is 15.4. The molecule has 0 spiro atoms. The molecule has 3 aromatic rings. The van der Waals surface area contributed by atoms with Gasteiger partial charge in [0.1, 0.15) is 17.3 Å². The first kappa shape index (κ1) is 29.8. The summed E-state index contributed by atoms with van der Waals surface area (Å²) in [4.78, 5) is 29.5. The molecule has 4 heterocycles. The van der Waals surface area contributed by atoms with Crippen LogP contribution in [0.25, 0.3) is 11.0 Å². The van der Waals surface area contributed by atoms with Gasteiger partial charge in [0, 0.05) is 42.9 Å². The lowest BCUT2D eigenvalue weighted by atomic mass is 9.97. The number of halogens is 2. The first-order valence-electron chi connectivity index (χ1n) is 14.9. The Labute approximate surface area is 245 Å². The summed E-state index contributed by atoms with van der Waals surface area (Å²) in [5, 5.41) is 13.9. The third-order valence-corrected chi connectivity index (χ3v) is 8.87. The van der Waals surface area contributed by atoms with Crippen LogP contribution in [0.5, 0.6) is 0 Å². The van der Waals surface area contributed by atoms with E-state index in [1.165, 1.54) is 18.3 Å². The molecule has 1 N–H and O–H groups in total. The standard InChI is InChI=1S/C32H39F2N7O/c1-5-26-27-18-23(11-15-36-27)32(33,34)14-17-40(4)21(2)10-8-6-7-9-16-41-29-24(28(39-26)37-22(3)38-29)19-25(30(41)42)31(20-35)12-13-31/h5,11,15,18-19,21,26H,1,6-10,12-14,16-17H2,2-4H3,(H,37,38,39)/t21?,26-/m1/s1. The van der Waals surface area contributed by atoms with Crippen LogP contribution < -0.4 is 10.9 Å². The molecule has 2 atom stereocenters. The highest BCUT2D eigenvalue weighted by molar-refractivity contribution is 5.88. The summed E-state index contributed by atoms with van der Waals surface area (Å²) in [5.41, 5.74) is 0.257. The summed E-state index contributed by atoms with van der Waals surface area (Å²) in [6.07, 6.45) is 8.54. The molecular formula is C32H39F2N7O. The van der Waals surface area contributed by atoms with Crippen molar-refractivity contribution in [3.63, 3.8) is 0 Å². The highest BCUT2D eigenvalue weighted by Gasteiger charge is 2.47. The smallest absolute Gasteiger partial charge is 0.274 e. The molecule has 0 amide bonds. The van der Waals surface area contributed by atoms with Gasteiger partial charge in [-0.15, -0.1) is 6.58 Å². The Kier molecular flexibility index (Phi) is 8.42. The average Bonchev–Trinajstić information content (AvgIpc) is 3.77. The van der Waals surface area contributed by atoms with Gasteiger partial charge in [0.05, 0.1) is 28.6 Å². The highest BCUT2D eigenvalue weighted by atomic mass is 19.3. The Morgan fingerprint density at radius 1 is 1.14 bits per heavy atom. The molecule has 1 saturated carbocycles. The third kappa shape index (κ3) is 5.93. The molecule has 0 aromatic carbocycles. The average molecular weight is 576 g/mol. The number of alkyl halides is 2. The SMILES string of the molecule is C=C[C@H]1Nc2nc(C)nc3c2cc(C2(C#N)CC2)c(=O)n3CCCCCCC(C)N(C)CCC(F)(F)c2ccnc1c2. The lowest BCUT2D eigenvalue weighted by Gasteiger charge is -2.27. The molecule has 1 aliphatic heterocycles. The molecule has 6 bridgehead atoms. The van der Waals surface area contributed by atoms with E-state index in [4.69, 9.17) is 0 Å². The third-order valence-electron chi connectivity index (χ3n) is 8.87. The van der Waals surface area contributed by atoms with Gasteiger partial charge in [-0.2, -0.15) is 5.26 Å². The van der Waals surface area contributed by atoms with Crippen molar-refractivity contribution >= 4 is 16.9 Å². The molecule has 1 fully saturated rings. The van der Waals surface area contributed by atoms with Crippen molar-refractivity contribution in [3.8, 4) is 6.07 Å². The van der Waals surface area contributed by atoms with Crippen molar-refractivity contribution in [2.75, 3.05) is 18.9 Å². The van der Waals surface area contributed by atoms with Crippen LogP contribution in [-0.2, 0) is 17.9 Å². The molecule has 10 heteroatoms. The molecule has 42 heavy (non-hydrogen) atoms. The fraction of sp³-hybridized carbons (Fsp3) is 0.531. The normalized spacial score (nSPS) is 23.0. The molecule has 1 unspecified atom stereocenters. The van der Waals surface area contributed by atoms with E-state index < -0.39 is 17.4 Å². The van der Waals surface area contributed by atoms with Gasteiger partial charge < -0.3 is 10.2 Å². The largest absolute Gasteiger partial charge is 0.358 e.